The van der Waals surface area contributed by atoms with Gasteiger partial charge in [0.15, 0.2) is 0 Å². The minimum Gasteiger partial charge on any atom is -0.459 e. The summed E-state index contributed by atoms with van der Waals surface area (Å²) in [6, 6.07) is 2.04. The van der Waals surface area contributed by atoms with Gasteiger partial charge in [0.05, 0.1) is 11.9 Å². The van der Waals surface area contributed by atoms with Crippen molar-refractivity contribution in [2.24, 2.45) is 5.73 Å². The van der Waals surface area contributed by atoms with E-state index in [9.17, 15) is 8.78 Å². The molecule has 0 aliphatic heterocycles. The lowest BCUT2D eigenvalue weighted by atomic mass is 10.1. The largest absolute Gasteiger partial charge is 0.459 e. The first-order valence-corrected chi connectivity index (χ1v) is 4.76. The normalized spacial score (nSPS) is 11.2. The van der Waals surface area contributed by atoms with Gasteiger partial charge in [0.25, 0.3) is 0 Å². The molecule has 0 aliphatic rings. The topological polar surface area (TPSA) is 39.2 Å². The van der Waals surface area contributed by atoms with Crippen LogP contribution < -0.4 is 5.73 Å². The van der Waals surface area contributed by atoms with Gasteiger partial charge in [-0.25, -0.2) is 8.78 Å². The van der Waals surface area contributed by atoms with E-state index in [0.29, 0.717) is 17.6 Å². The van der Waals surface area contributed by atoms with Crippen molar-refractivity contribution in [2.45, 2.75) is 19.9 Å². The molecule has 0 atom stereocenters. The first kappa shape index (κ1) is 10.1. The maximum Gasteiger partial charge on any atom is 0.140 e. The van der Waals surface area contributed by atoms with E-state index in [-0.39, 0.29) is 12.1 Å². The Morgan fingerprint density at radius 1 is 1.33 bits per heavy atom. The van der Waals surface area contributed by atoms with Crippen LogP contribution in [0.2, 0.25) is 0 Å². The number of halogens is 2. The van der Waals surface area contributed by atoms with Crippen LogP contribution in [0, 0.1) is 11.6 Å². The molecule has 80 valence electrons. The Bertz CT molecular complexity index is 505. The molecule has 2 N–H and O–H groups in total. The molecule has 0 saturated carbocycles. The molecule has 0 bridgehead atoms. The first-order valence-electron chi connectivity index (χ1n) is 4.76. The fraction of sp³-hybridized carbons (Fsp3) is 0.273. The fourth-order valence-electron chi connectivity index (χ4n) is 1.80. The van der Waals surface area contributed by atoms with Crippen molar-refractivity contribution in [1.82, 2.24) is 0 Å². The van der Waals surface area contributed by atoms with Crippen molar-refractivity contribution in [3.05, 3.63) is 35.1 Å². The Hall–Kier alpha value is -1.42. The SMILES string of the molecule is CCc1c(CN)oc2cc(F)cc(F)c12. The second kappa shape index (κ2) is 3.62. The molecule has 0 unspecified atom stereocenters. The fourth-order valence-corrected chi connectivity index (χ4v) is 1.80. The van der Waals surface area contributed by atoms with Crippen LogP contribution in [-0.4, -0.2) is 0 Å². The average Bonchev–Trinajstić information content (AvgIpc) is 2.55. The summed E-state index contributed by atoms with van der Waals surface area (Å²) in [5.74, 6) is -0.706. The standard InChI is InChI=1S/C11H11F2NO/c1-2-7-10(5-14)15-9-4-6(12)3-8(13)11(7)9/h3-4H,2,5,14H2,1H3. The third kappa shape index (κ3) is 1.51. The molecule has 0 amide bonds. The van der Waals surface area contributed by atoms with E-state index in [1.807, 2.05) is 6.92 Å². The molecule has 15 heavy (non-hydrogen) atoms. The van der Waals surface area contributed by atoms with Gasteiger partial charge in [-0.2, -0.15) is 0 Å². The van der Waals surface area contributed by atoms with Crippen LogP contribution in [0.4, 0.5) is 8.78 Å². The molecule has 0 spiro atoms. The number of rotatable bonds is 2. The molecule has 1 aromatic carbocycles. The lowest BCUT2D eigenvalue weighted by Gasteiger charge is -1.96. The Morgan fingerprint density at radius 3 is 2.67 bits per heavy atom. The van der Waals surface area contributed by atoms with Gasteiger partial charge in [-0.1, -0.05) is 6.92 Å². The molecule has 0 aliphatic carbocycles. The van der Waals surface area contributed by atoms with E-state index in [4.69, 9.17) is 10.2 Å². The molecule has 4 heteroatoms. The van der Waals surface area contributed by atoms with Crippen LogP contribution in [0.15, 0.2) is 16.5 Å². The maximum atomic E-state index is 13.5. The van der Waals surface area contributed by atoms with Crippen LogP contribution in [0.25, 0.3) is 11.0 Å². The second-order valence-electron chi connectivity index (χ2n) is 3.32. The van der Waals surface area contributed by atoms with Gasteiger partial charge < -0.3 is 10.2 Å². The highest BCUT2D eigenvalue weighted by atomic mass is 19.1. The highest BCUT2D eigenvalue weighted by Gasteiger charge is 2.16. The zero-order valence-electron chi connectivity index (χ0n) is 8.31. The number of aryl methyl sites for hydroxylation is 1. The van der Waals surface area contributed by atoms with Gasteiger partial charge in [-0.3, -0.25) is 0 Å². The van der Waals surface area contributed by atoms with E-state index in [1.54, 1.807) is 0 Å². The zero-order chi connectivity index (χ0) is 11.0. The monoisotopic (exact) mass is 211 g/mol. The molecule has 0 radical (unpaired) electrons. The lowest BCUT2D eigenvalue weighted by molar-refractivity contribution is 0.539. The number of benzene rings is 1. The zero-order valence-corrected chi connectivity index (χ0v) is 8.31. The van der Waals surface area contributed by atoms with Gasteiger partial charge in [-0.05, 0) is 6.42 Å². The summed E-state index contributed by atoms with van der Waals surface area (Å²) in [5.41, 5.74) is 6.42. The van der Waals surface area contributed by atoms with Crippen LogP contribution in [0.1, 0.15) is 18.2 Å². The van der Waals surface area contributed by atoms with Crippen LogP contribution in [-0.2, 0) is 13.0 Å². The maximum absolute atomic E-state index is 13.5. The molecule has 1 aromatic heterocycles. The van der Waals surface area contributed by atoms with Crippen molar-refractivity contribution in [3.8, 4) is 0 Å². The van der Waals surface area contributed by atoms with Crippen LogP contribution in [0.5, 0.6) is 0 Å². The Balaban J connectivity index is 2.83. The first-order chi connectivity index (χ1) is 7.17. The molecular formula is C11H11F2NO. The number of hydrogen-bond donors (Lipinski definition) is 1. The van der Waals surface area contributed by atoms with E-state index in [0.717, 1.165) is 11.6 Å². The molecule has 0 fully saturated rings. The highest BCUT2D eigenvalue weighted by Crippen LogP contribution is 2.29. The number of furan rings is 1. The summed E-state index contributed by atoms with van der Waals surface area (Å²) >= 11 is 0. The van der Waals surface area contributed by atoms with Gasteiger partial charge in [0, 0.05) is 17.7 Å². The summed E-state index contributed by atoms with van der Waals surface area (Å²) in [5, 5.41) is 0.347. The molecule has 0 saturated heterocycles. The predicted octanol–water partition coefficient (Wildman–Crippen LogP) is 2.73. The lowest BCUT2D eigenvalue weighted by Crippen LogP contribution is -1.97. The van der Waals surface area contributed by atoms with Gasteiger partial charge in [0.1, 0.15) is 23.0 Å². The smallest absolute Gasteiger partial charge is 0.140 e. The Labute approximate surface area is 85.7 Å². The average molecular weight is 211 g/mol. The summed E-state index contributed by atoms with van der Waals surface area (Å²) < 4.78 is 31.7. The third-order valence-electron chi connectivity index (χ3n) is 2.43. The number of hydrogen-bond acceptors (Lipinski definition) is 2. The molecule has 2 nitrogen and oxygen atoms in total. The second-order valence-corrected chi connectivity index (χ2v) is 3.32. The van der Waals surface area contributed by atoms with E-state index < -0.39 is 11.6 Å². The minimum absolute atomic E-state index is 0.193. The van der Waals surface area contributed by atoms with Crippen molar-refractivity contribution in [3.63, 3.8) is 0 Å². The molecular weight excluding hydrogens is 200 g/mol. The van der Waals surface area contributed by atoms with Crippen molar-refractivity contribution >= 4 is 11.0 Å². The van der Waals surface area contributed by atoms with E-state index in [1.165, 1.54) is 6.07 Å². The summed E-state index contributed by atoms with van der Waals surface area (Å²) in [7, 11) is 0. The predicted molar refractivity (Wildman–Crippen MR) is 53.4 cm³/mol. The molecule has 2 rings (SSSR count). The molecule has 2 aromatic rings. The molecule has 1 heterocycles. The Kier molecular flexibility index (Phi) is 2.44. The summed E-state index contributed by atoms with van der Waals surface area (Å²) in [6.07, 6.45) is 0.613. The minimum atomic E-state index is -0.639. The van der Waals surface area contributed by atoms with Crippen LogP contribution in [0.3, 0.4) is 0 Å². The summed E-state index contributed by atoms with van der Waals surface area (Å²) in [4.78, 5) is 0. The Morgan fingerprint density at radius 2 is 2.07 bits per heavy atom. The van der Waals surface area contributed by atoms with E-state index in [2.05, 4.69) is 0 Å². The highest BCUT2D eigenvalue weighted by molar-refractivity contribution is 5.83. The van der Waals surface area contributed by atoms with Crippen molar-refractivity contribution < 1.29 is 13.2 Å². The van der Waals surface area contributed by atoms with Gasteiger partial charge in [-0.15, -0.1) is 0 Å². The van der Waals surface area contributed by atoms with Crippen LogP contribution >= 0.6 is 0 Å². The van der Waals surface area contributed by atoms with Gasteiger partial charge in [0.2, 0.25) is 0 Å². The number of fused-ring (bicyclic) bond motifs is 1. The van der Waals surface area contributed by atoms with E-state index >= 15 is 0 Å². The number of nitrogens with two attached hydrogens (primary N) is 1. The van der Waals surface area contributed by atoms with Gasteiger partial charge >= 0.3 is 0 Å². The quantitative estimate of drug-likeness (QED) is 0.829. The third-order valence-corrected chi connectivity index (χ3v) is 2.43. The van der Waals surface area contributed by atoms with Crippen molar-refractivity contribution in [2.75, 3.05) is 0 Å². The van der Waals surface area contributed by atoms with Crippen molar-refractivity contribution in [1.29, 1.82) is 0 Å². The summed E-state index contributed by atoms with van der Waals surface area (Å²) in [6.45, 7) is 2.07.